The SMILES string of the molecule is CCOc1ccccc1OCC(=O)NNC(=O)c1cc(-c2ccccc2)nc2c1c(C)nn2C. The van der Waals surface area contributed by atoms with Gasteiger partial charge in [-0.3, -0.25) is 25.1 Å². The maximum Gasteiger partial charge on any atom is 0.276 e. The Kier molecular flexibility index (Phi) is 6.72. The standard InChI is InChI=1S/C25H25N5O4/c1-4-33-20-12-8-9-13-21(20)34-15-22(31)27-28-25(32)18-14-19(17-10-6-5-7-11-17)26-24-23(18)16(2)29-30(24)3/h5-14H,4,15H2,1-3H3,(H,27,31)(H,28,32). The number of nitrogens with one attached hydrogen (secondary N) is 2. The monoisotopic (exact) mass is 459 g/mol. The third kappa shape index (κ3) is 4.83. The van der Waals surface area contributed by atoms with E-state index in [4.69, 9.17) is 14.5 Å². The molecule has 0 atom stereocenters. The van der Waals surface area contributed by atoms with Gasteiger partial charge in [-0.2, -0.15) is 5.10 Å². The number of aryl methyl sites for hydroxylation is 2. The molecule has 0 unspecified atom stereocenters. The Morgan fingerprint density at radius 2 is 1.65 bits per heavy atom. The summed E-state index contributed by atoms with van der Waals surface area (Å²) in [4.78, 5) is 30.1. The zero-order chi connectivity index (χ0) is 24.1. The molecule has 0 aliphatic heterocycles. The van der Waals surface area contributed by atoms with Gasteiger partial charge in [-0.05, 0) is 32.0 Å². The zero-order valence-corrected chi connectivity index (χ0v) is 19.2. The Morgan fingerprint density at radius 3 is 2.35 bits per heavy atom. The summed E-state index contributed by atoms with van der Waals surface area (Å²) >= 11 is 0. The Labute approximate surface area is 196 Å². The molecule has 0 saturated heterocycles. The second-order valence-corrected chi connectivity index (χ2v) is 7.50. The minimum Gasteiger partial charge on any atom is -0.490 e. The summed E-state index contributed by atoms with van der Waals surface area (Å²) < 4.78 is 12.7. The van der Waals surface area contributed by atoms with Crippen molar-refractivity contribution < 1.29 is 19.1 Å². The third-order valence-electron chi connectivity index (χ3n) is 5.11. The summed E-state index contributed by atoms with van der Waals surface area (Å²) in [5, 5.41) is 5.03. The third-order valence-corrected chi connectivity index (χ3v) is 5.11. The molecule has 2 aromatic heterocycles. The molecule has 0 bridgehead atoms. The molecule has 9 heteroatoms. The lowest BCUT2D eigenvalue weighted by molar-refractivity contribution is -0.123. The molecule has 0 spiro atoms. The number of para-hydroxylation sites is 2. The van der Waals surface area contributed by atoms with E-state index in [1.165, 1.54) is 0 Å². The van der Waals surface area contributed by atoms with Crippen LogP contribution in [0.1, 0.15) is 23.0 Å². The average Bonchev–Trinajstić information content (AvgIpc) is 3.15. The fraction of sp³-hybridized carbons (Fsp3) is 0.200. The Bertz CT molecular complexity index is 1330. The summed E-state index contributed by atoms with van der Waals surface area (Å²) in [6.45, 7) is 3.85. The van der Waals surface area contributed by atoms with E-state index in [1.807, 2.05) is 50.2 Å². The topological polar surface area (TPSA) is 107 Å². The van der Waals surface area contributed by atoms with Crippen LogP contribution in [0.15, 0.2) is 60.7 Å². The molecule has 4 rings (SSSR count). The maximum absolute atomic E-state index is 13.1. The van der Waals surface area contributed by atoms with Crippen molar-refractivity contribution in [2.75, 3.05) is 13.2 Å². The van der Waals surface area contributed by atoms with Gasteiger partial charge in [0.15, 0.2) is 23.8 Å². The van der Waals surface area contributed by atoms with Gasteiger partial charge in [0.05, 0.1) is 28.9 Å². The fourth-order valence-corrected chi connectivity index (χ4v) is 3.60. The molecule has 2 amide bonds. The van der Waals surface area contributed by atoms with E-state index in [0.29, 0.717) is 46.1 Å². The number of nitrogens with zero attached hydrogens (tertiary/aromatic N) is 3. The zero-order valence-electron chi connectivity index (χ0n) is 19.2. The number of ether oxygens (including phenoxy) is 2. The van der Waals surface area contributed by atoms with Crippen molar-refractivity contribution in [3.8, 4) is 22.8 Å². The number of carbonyl (C=O) groups excluding carboxylic acids is 2. The molecule has 0 radical (unpaired) electrons. The van der Waals surface area contributed by atoms with Crippen molar-refractivity contribution in [2.24, 2.45) is 7.05 Å². The van der Waals surface area contributed by atoms with Crippen molar-refractivity contribution in [3.63, 3.8) is 0 Å². The Hall–Kier alpha value is -4.40. The van der Waals surface area contributed by atoms with Crippen molar-refractivity contribution in [3.05, 3.63) is 71.9 Å². The highest BCUT2D eigenvalue weighted by Gasteiger charge is 2.20. The van der Waals surface area contributed by atoms with Gasteiger partial charge in [0.25, 0.3) is 11.8 Å². The molecule has 2 aromatic carbocycles. The number of benzene rings is 2. The predicted octanol–water partition coefficient (Wildman–Crippen LogP) is 3.18. The number of carbonyl (C=O) groups is 2. The van der Waals surface area contributed by atoms with Crippen molar-refractivity contribution in [1.82, 2.24) is 25.6 Å². The molecule has 174 valence electrons. The summed E-state index contributed by atoms with van der Waals surface area (Å²) in [5.74, 6) is -0.0124. The van der Waals surface area contributed by atoms with E-state index < -0.39 is 11.8 Å². The molecule has 0 fully saturated rings. The van der Waals surface area contributed by atoms with Crippen LogP contribution in [0, 0.1) is 6.92 Å². The summed E-state index contributed by atoms with van der Waals surface area (Å²) in [5.41, 5.74) is 7.96. The second-order valence-electron chi connectivity index (χ2n) is 7.50. The van der Waals surface area contributed by atoms with Crippen LogP contribution in [-0.2, 0) is 11.8 Å². The second kappa shape index (κ2) is 10.0. The van der Waals surface area contributed by atoms with Crippen LogP contribution in [0.5, 0.6) is 11.5 Å². The lowest BCUT2D eigenvalue weighted by Gasteiger charge is -2.12. The van der Waals surface area contributed by atoms with Crippen molar-refractivity contribution in [2.45, 2.75) is 13.8 Å². The first-order valence-electron chi connectivity index (χ1n) is 10.8. The minimum atomic E-state index is -0.517. The lowest BCUT2D eigenvalue weighted by Crippen LogP contribution is -2.44. The highest BCUT2D eigenvalue weighted by atomic mass is 16.5. The van der Waals surface area contributed by atoms with Gasteiger partial charge < -0.3 is 9.47 Å². The van der Waals surface area contributed by atoms with Gasteiger partial charge in [0.1, 0.15) is 0 Å². The quantitative estimate of drug-likeness (QED) is 0.411. The molecule has 0 aliphatic carbocycles. The minimum absolute atomic E-state index is 0.294. The van der Waals surface area contributed by atoms with Crippen molar-refractivity contribution >= 4 is 22.8 Å². The molecular formula is C25H25N5O4. The number of hydrogen-bond donors (Lipinski definition) is 2. The van der Waals surface area contributed by atoms with Crippen molar-refractivity contribution in [1.29, 1.82) is 0 Å². The average molecular weight is 460 g/mol. The van der Waals surface area contributed by atoms with Gasteiger partial charge in [-0.1, -0.05) is 42.5 Å². The van der Waals surface area contributed by atoms with Gasteiger partial charge in [0, 0.05) is 12.6 Å². The molecule has 9 nitrogen and oxygen atoms in total. The van der Waals surface area contributed by atoms with Crippen LogP contribution in [0.25, 0.3) is 22.3 Å². The van der Waals surface area contributed by atoms with E-state index in [2.05, 4.69) is 16.0 Å². The van der Waals surface area contributed by atoms with Gasteiger partial charge in [-0.25, -0.2) is 4.98 Å². The summed E-state index contributed by atoms with van der Waals surface area (Å²) in [6.07, 6.45) is 0. The summed E-state index contributed by atoms with van der Waals surface area (Å²) in [7, 11) is 1.78. The van der Waals surface area contributed by atoms with Crippen LogP contribution in [0.4, 0.5) is 0 Å². The molecule has 0 saturated carbocycles. The molecule has 4 aromatic rings. The largest absolute Gasteiger partial charge is 0.490 e. The smallest absolute Gasteiger partial charge is 0.276 e. The van der Waals surface area contributed by atoms with Crippen LogP contribution in [0.2, 0.25) is 0 Å². The predicted molar refractivity (Wildman–Crippen MR) is 127 cm³/mol. The van der Waals surface area contributed by atoms with Gasteiger partial charge >= 0.3 is 0 Å². The summed E-state index contributed by atoms with van der Waals surface area (Å²) in [6, 6.07) is 18.3. The highest BCUT2D eigenvalue weighted by Crippen LogP contribution is 2.27. The Balaban J connectivity index is 1.50. The Morgan fingerprint density at radius 1 is 0.971 bits per heavy atom. The van der Waals surface area contributed by atoms with Crippen LogP contribution < -0.4 is 20.3 Å². The van der Waals surface area contributed by atoms with E-state index in [0.717, 1.165) is 5.56 Å². The van der Waals surface area contributed by atoms with Gasteiger partial charge in [0.2, 0.25) is 0 Å². The first-order chi connectivity index (χ1) is 16.5. The van der Waals surface area contributed by atoms with Crippen LogP contribution >= 0.6 is 0 Å². The normalized spacial score (nSPS) is 10.7. The van der Waals surface area contributed by atoms with E-state index >= 15 is 0 Å². The number of hydrogen-bond acceptors (Lipinski definition) is 6. The molecule has 2 N–H and O–H groups in total. The molecule has 0 aliphatic rings. The molecule has 2 heterocycles. The fourth-order valence-electron chi connectivity index (χ4n) is 3.60. The van der Waals surface area contributed by atoms with Crippen LogP contribution in [0.3, 0.4) is 0 Å². The number of pyridine rings is 1. The number of amides is 2. The number of fused-ring (bicyclic) bond motifs is 1. The van der Waals surface area contributed by atoms with E-state index in [-0.39, 0.29) is 6.61 Å². The van der Waals surface area contributed by atoms with E-state index in [1.54, 1.807) is 36.0 Å². The van der Waals surface area contributed by atoms with E-state index in [9.17, 15) is 9.59 Å². The maximum atomic E-state index is 13.1. The molecular weight excluding hydrogens is 434 g/mol. The van der Waals surface area contributed by atoms with Crippen LogP contribution in [-0.4, -0.2) is 39.8 Å². The first-order valence-corrected chi connectivity index (χ1v) is 10.8. The number of aromatic nitrogens is 3. The number of hydrazine groups is 1. The highest BCUT2D eigenvalue weighted by molar-refractivity contribution is 6.07. The number of rotatable bonds is 7. The lowest BCUT2D eigenvalue weighted by atomic mass is 10.1. The molecule has 34 heavy (non-hydrogen) atoms. The first kappa shape index (κ1) is 22.8. The van der Waals surface area contributed by atoms with Gasteiger partial charge in [-0.15, -0.1) is 0 Å².